The average molecular weight is 379 g/mol. The van der Waals surface area contributed by atoms with Crippen LogP contribution in [0.1, 0.15) is 45.6 Å². The van der Waals surface area contributed by atoms with E-state index in [0.29, 0.717) is 4.90 Å². The summed E-state index contributed by atoms with van der Waals surface area (Å²) in [5, 5.41) is 8.79. The highest BCUT2D eigenvalue weighted by Crippen LogP contribution is 2.12. The van der Waals surface area contributed by atoms with Gasteiger partial charge in [-0.15, -0.1) is 0 Å². The summed E-state index contributed by atoms with van der Waals surface area (Å²) in [6.07, 6.45) is -1.86. The molecule has 0 saturated carbocycles. The molecule has 1 aromatic carbocycles. The standard InChI is InChI=1S/C19H25NO7/c1-19(2,3)27-18(25)20(12-11-16(22)23)15(21)9-10-17(24)26-13-14-7-5-4-6-8-14/h4-8H,9-13H2,1-3H3,(H,22,23). The van der Waals surface area contributed by atoms with E-state index in [1.807, 2.05) is 18.2 Å². The van der Waals surface area contributed by atoms with Crippen LogP contribution in [0.5, 0.6) is 0 Å². The molecule has 1 rings (SSSR count). The first-order valence-electron chi connectivity index (χ1n) is 8.53. The van der Waals surface area contributed by atoms with Gasteiger partial charge in [0.05, 0.1) is 12.8 Å². The number of amides is 2. The summed E-state index contributed by atoms with van der Waals surface area (Å²) in [5.74, 6) is -2.43. The van der Waals surface area contributed by atoms with Crippen molar-refractivity contribution in [3.63, 3.8) is 0 Å². The summed E-state index contributed by atoms with van der Waals surface area (Å²) in [6, 6.07) is 9.07. The Balaban J connectivity index is 2.57. The number of rotatable bonds is 8. The lowest BCUT2D eigenvalue weighted by atomic mass is 10.2. The van der Waals surface area contributed by atoms with Crippen LogP contribution in [0.15, 0.2) is 30.3 Å². The predicted octanol–water partition coefficient (Wildman–Crippen LogP) is 2.75. The molecule has 0 heterocycles. The number of hydrogen-bond acceptors (Lipinski definition) is 6. The van der Waals surface area contributed by atoms with Gasteiger partial charge in [0, 0.05) is 13.0 Å². The molecule has 1 N–H and O–H groups in total. The number of aliphatic carboxylic acids is 1. The maximum Gasteiger partial charge on any atom is 0.417 e. The fourth-order valence-electron chi connectivity index (χ4n) is 2.00. The topological polar surface area (TPSA) is 110 Å². The number of hydrogen-bond donors (Lipinski definition) is 1. The minimum atomic E-state index is -1.15. The van der Waals surface area contributed by atoms with E-state index in [4.69, 9.17) is 14.6 Å². The van der Waals surface area contributed by atoms with Crippen LogP contribution in [-0.2, 0) is 30.5 Å². The molecule has 27 heavy (non-hydrogen) atoms. The number of carbonyl (C=O) groups is 4. The molecule has 2 amide bonds. The van der Waals surface area contributed by atoms with E-state index in [1.165, 1.54) is 0 Å². The van der Waals surface area contributed by atoms with Crippen molar-refractivity contribution < 1.29 is 33.8 Å². The van der Waals surface area contributed by atoms with Gasteiger partial charge in [0.1, 0.15) is 12.2 Å². The Bertz CT molecular complexity index is 664. The van der Waals surface area contributed by atoms with Crippen LogP contribution < -0.4 is 0 Å². The Morgan fingerprint density at radius 1 is 1.00 bits per heavy atom. The van der Waals surface area contributed by atoms with Gasteiger partial charge in [-0.25, -0.2) is 9.69 Å². The summed E-state index contributed by atoms with van der Waals surface area (Å²) in [7, 11) is 0. The van der Waals surface area contributed by atoms with Gasteiger partial charge in [-0.3, -0.25) is 14.4 Å². The second kappa shape index (κ2) is 10.3. The first-order chi connectivity index (χ1) is 12.6. The van der Waals surface area contributed by atoms with Crippen molar-refractivity contribution in [2.45, 2.75) is 52.2 Å². The maximum atomic E-state index is 12.3. The van der Waals surface area contributed by atoms with Gasteiger partial charge in [-0.05, 0) is 26.3 Å². The number of carboxylic acids is 1. The molecule has 8 heteroatoms. The van der Waals surface area contributed by atoms with Gasteiger partial charge in [0.25, 0.3) is 0 Å². The molecule has 0 aromatic heterocycles. The largest absolute Gasteiger partial charge is 0.481 e. The summed E-state index contributed by atoms with van der Waals surface area (Å²) >= 11 is 0. The molecule has 0 spiro atoms. The third-order valence-corrected chi connectivity index (χ3v) is 3.25. The molecule has 0 aliphatic rings. The molecule has 0 aliphatic carbocycles. The average Bonchev–Trinajstić information content (AvgIpc) is 2.57. The molecular formula is C19H25NO7. The van der Waals surface area contributed by atoms with E-state index < -0.39 is 36.0 Å². The van der Waals surface area contributed by atoms with Gasteiger partial charge in [0.2, 0.25) is 5.91 Å². The van der Waals surface area contributed by atoms with Crippen LogP contribution in [-0.4, -0.2) is 46.1 Å². The number of imide groups is 1. The minimum Gasteiger partial charge on any atom is -0.481 e. The minimum absolute atomic E-state index is 0.0860. The Kier molecular flexibility index (Phi) is 8.44. The van der Waals surface area contributed by atoms with Gasteiger partial charge in [-0.1, -0.05) is 30.3 Å². The van der Waals surface area contributed by atoms with Gasteiger partial charge < -0.3 is 14.6 Å². The smallest absolute Gasteiger partial charge is 0.417 e. The molecule has 0 aliphatic heterocycles. The maximum absolute atomic E-state index is 12.3. The van der Waals surface area contributed by atoms with Crippen molar-refractivity contribution in [2.24, 2.45) is 0 Å². The van der Waals surface area contributed by atoms with Gasteiger partial charge in [0.15, 0.2) is 0 Å². The highest BCUT2D eigenvalue weighted by atomic mass is 16.6. The third-order valence-electron chi connectivity index (χ3n) is 3.25. The van der Waals surface area contributed by atoms with Crippen LogP contribution in [0.4, 0.5) is 4.79 Å². The molecule has 0 unspecified atom stereocenters. The van der Waals surface area contributed by atoms with Crippen molar-refractivity contribution in [1.29, 1.82) is 0 Å². The van der Waals surface area contributed by atoms with Gasteiger partial charge in [-0.2, -0.15) is 0 Å². The Morgan fingerprint density at radius 2 is 1.63 bits per heavy atom. The summed E-state index contributed by atoms with van der Waals surface area (Å²) in [4.78, 5) is 47.7. The quantitative estimate of drug-likeness (QED) is 0.691. The van der Waals surface area contributed by atoms with Crippen LogP contribution in [0.3, 0.4) is 0 Å². The fourth-order valence-corrected chi connectivity index (χ4v) is 2.00. The fraction of sp³-hybridized carbons (Fsp3) is 0.474. The highest BCUT2D eigenvalue weighted by molar-refractivity contribution is 5.93. The second-order valence-electron chi connectivity index (χ2n) is 6.82. The summed E-state index contributed by atoms with van der Waals surface area (Å²) in [6.45, 7) is 4.65. The molecule has 0 radical (unpaired) electrons. The van der Waals surface area contributed by atoms with Crippen molar-refractivity contribution in [3.8, 4) is 0 Å². The van der Waals surface area contributed by atoms with E-state index in [1.54, 1.807) is 32.9 Å². The number of carbonyl (C=O) groups excluding carboxylic acids is 3. The number of ether oxygens (including phenoxy) is 2. The zero-order chi connectivity index (χ0) is 20.4. The number of esters is 1. The van der Waals surface area contributed by atoms with Crippen LogP contribution >= 0.6 is 0 Å². The SMILES string of the molecule is CC(C)(C)OC(=O)N(CCC(=O)O)C(=O)CCC(=O)OCc1ccccc1. The lowest BCUT2D eigenvalue weighted by Crippen LogP contribution is -2.42. The Labute approximate surface area is 158 Å². The molecular weight excluding hydrogens is 354 g/mol. The summed E-state index contributed by atoms with van der Waals surface area (Å²) in [5.41, 5.74) is -0.0259. The molecule has 0 saturated heterocycles. The zero-order valence-corrected chi connectivity index (χ0v) is 15.8. The molecule has 8 nitrogen and oxygen atoms in total. The molecule has 0 fully saturated rings. The van der Waals surface area contributed by atoms with E-state index >= 15 is 0 Å². The molecule has 148 valence electrons. The monoisotopic (exact) mass is 379 g/mol. The first kappa shape index (κ1) is 22.1. The molecule has 0 atom stereocenters. The molecule has 1 aromatic rings. The van der Waals surface area contributed by atoms with Crippen molar-refractivity contribution in [3.05, 3.63) is 35.9 Å². The van der Waals surface area contributed by atoms with Crippen LogP contribution in [0.25, 0.3) is 0 Å². The van der Waals surface area contributed by atoms with E-state index in [0.717, 1.165) is 5.56 Å². The number of nitrogens with zero attached hydrogens (tertiary/aromatic N) is 1. The lowest BCUT2D eigenvalue weighted by molar-refractivity contribution is -0.147. The van der Waals surface area contributed by atoms with E-state index in [9.17, 15) is 19.2 Å². The van der Waals surface area contributed by atoms with Gasteiger partial charge >= 0.3 is 18.0 Å². The van der Waals surface area contributed by atoms with Crippen molar-refractivity contribution >= 4 is 23.9 Å². The number of benzene rings is 1. The third kappa shape index (κ3) is 9.39. The van der Waals surface area contributed by atoms with Crippen molar-refractivity contribution in [1.82, 2.24) is 4.90 Å². The molecule has 0 bridgehead atoms. The van der Waals surface area contributed by atoms with Crippen LogP contribution in [0, 0.1) is 0 Å². The highest BCUT2D eigenvalue weighted by Gasteiger charge is 2.27. The Morgan fingerprint density at radius 3 is 2.19 bits per heavy atom. The van der Waals surface area contributed by atoms with E-state index in [-0.39, 0.29) is 26.0 Å². The van der Waals surface area contributed by atoms with Crippen LogP contribution in [0.2, 0.25) is 0 Å². The first-order valence-corrected chi connectivity index (χ1v) is 8.53. The van der Waals surface area contributed by atoms with E-state index in [2.05, 4.69) is 0 Å². The zero-order valence-electron chi connectivity index (χ0n) is 15.8. The lowest BCUT2D eigenvalue weighted by Gasteiger charge is -2.25. The normalized spacial score (nSPS) is 10.8. The number of carboxylic acid groups (broad SMARTS) is 1. The second-order valence-corrected chi connectivity index (χ2v) is 6.82. The van der Waals surface area contributed by atoms with Crippen molar-refractivity contribution in [2.75, 3.05) is 6.54 Å². The Hall–Kier alpha value is -2.90. The predicted molar refractivity (Wildman–Crippen MR) is 95.7 cm³/mol. The summed E-state index contributed by atoms with van der Waals surface area (Å²) < 4.78 is 10.2.